The first kappa shape index (κ1) is 15.8. The predicted octanol–water partition coefficient (Wildman–Crippen LogP) is 1.43. The van der Waals surface area contributed by atoms with Crippen LogP contribution in [0.5, 0.6) is 0 Å². The van der Waals surface area contributed by atoms with Crippen LogP contribution in [0.25, 0.3) is 0 Å². The van der Waals surface area contributed by atoms with Crippen LogP contribution in [0.15, 0.2) is 0 Å². The topological polar surface area (TPSA) is 70.1 Å². The van der Waals surface area contributed by atoms with Crippen molar-refractivity contribution >= 4 is 22.4 Å². The van der Waals surface area contributed by atoms with E-state index in [1.54, 1.807) is 0 Å². The summed E-state index contributed by atoms with van der Waals surface area (Å²) in [5.41, 5.74) is 0. The van der Waals surface area contributed by atoms with Gasteiger partial charge in [-0.3, -0.25) is 4.79 Å². The number of carbonyl (C=O) groups excluding carboxylic acids is 1. The molecule has 0 bridgehead atoms. The zero-order valence-electron chi connectivity index (χ0n) is 12.1. The first-order chi connectivity index (χ1) is 9.02. The molecule has 0 saturated heterocycles. The summed E-state index contributed by atoms with van der Waals surface area (Å²) in [5.74, 6) is -0.145. The second kappa shape index (κ2) is 8.06. The molecular weight excluding hydrogens is 262 g/mol. The fourth-order valence-corrected chi connectivity index (χ4v) is 2.10. The summed E-state index contributed by atoms with van der Waals surface area (Å²) >= 11 is 1.29. The Morgan fingerprint density at radius 1 is 1.42 bits per heavy atom. The molecule has 108 valence electrons. The lowest BCUT2D eigenvalue weighted by Gasteiger charge is -2.15. The number of amides is 1. The number of carbonyl (C=O) groups is 1. The van der Waals surface area contributed by atoms with Gasteiger partial charge in [0.25, 0.3) is 5.91 Å². The normalized spacial score (nSPS) is 12.5. The highest BCUT2D eigenvalue weighted by molar-refractivity contribution is 7.17. The standard InChI is InChI=1S/C12H23N5OS/c1-5-7-13-12-16-15-11(19-12)10(18)14-9(2)6-8-17(3)4/h9H,5-8H2,1-4H3,(H,13,16)(H,14,18). The van der Waals surface area contributed by atoms with Gasteiger partial charge in [-0.2, -0.15) is 0 Å². The SMILES string of the molecule is CCCNc1nnc(C(=O)NC(C)CCN(C)C)s1. The largest absolute Gasteiger partial charge is 0.360 e. The zero-order valence-corrected chi connectivity index (χ0v) is 12.9. The minimum Gasteiger partial charge on any atom is -0.360 e. The van der Waals surface area contributed by atoms with E-state index in [1.165, 1.54) is 11.3 Å². The molecule has 1 rings (SSSR count). The van der Waals surface area contributed by atoms with Gasteiger partial charge in [0.05, 0.1) is 0 Å². The van der Waals surface area contributed by atoms with Crippen molar-refractivity contribution in [1.82, 2.24) is 20.4 Å². The smallest absolute Gasteiger partial charge is 0.282 e. The van der Waals surface area contributed by atoms with Crippen molar-refractivity contribution in [3.8, 4) is 0 Å². The lowest BCUT2D eigenvalue weighted by Crippen LogP contribution is -2.34. The van der Waals surface area contributed by atoms with E-state index in [0.29, 0.717) is 10.1 Å². The maximum Gasteiger partial charge on any atom is 0.282 e. The fraction of sp³-hybridized carbons (Fsp3) is 0.750. The minimum absolute atomic E-state index is 0.130. The fourth-order valence-electron chi connectivity index (χ4n) is 1.43. The van der Waals surface area contributed by atoms with E-state index in [-0.39, 0.29) is 11.9 Å². The third kappa shape index (κ3) is 5.98. The quantitative estimate of drug-likeness (QED) is 0.756. The van der Waals surface area contributed by atoms with Gasteiger partial charge in [-0.25, -0.2) is 0 Å². The van der Waals surface area contributed by atoms with Gasteiger partial charge in [-0.05, 0) is 40.4 Å². The molecule has 0 saturated carbocycles. The highest BCUT2D eigenvalue weighted by Crippen LogP contribution is 2.15. The molecule has 0 radical (unpaired) electrons. The van der Waals surface area contributed by atoms with Crippen LogP contribution in [0, 0.1) is 0 Å². The Morgan fingerprint density at radius 2 is 2.16 bits per heavy atom. The third-order valence-electron chi connectivity index (χ3n) is 2.53. The number of nitrogens with one attached hydrogen (secondary N) is 2. The van der Waals surface area contributed by atoms with Crippen LogP contribution in [0.3, 0.4) is 0 Å². The van der Waals surface area contributed by atoms with Crippen LogP contribution >= 0.6 is 11.3 Å². The van der Waals surface area contributed by atoms with E-state index in [0.717, 1.165) is 25.9 Å². The summed E-state index contributed by atoms with van der Waals surface area (Å²) in [6.07, 6.45) is 1.93. The Balaban J connectivity index is 2.42. The van der Waals surface area contributed by atoms with E-state index in [9.17, 15) is 4.79 Å². The summed E-state index contributed by atoms with van der Waals surface area (Å²) < 4.78 is 0. The second-order valence-corrected chi connectivity index (χ2v) is 5.78. The molecule has 2 N–H and O–H groups in total. The Morgan fingerprint density at radius 3 is 2.79 bits per heavy atom. The van der Waals surface area contributed by atoms with Crippen molar-refractivity contribution in [2.75, 3.05) is 32.5 Å². The average molecular weight is 285 g/mol. The lowest BCUT2D eigenvalue weighted by molar-refractivity contribution is 0.0935. The molecule has 0 aromatic carbocycles. The number of hydrogen-bond acceptors (Lipinski definition) is 6. The van der Waals surface area contributed by atoms with Gasteiger partial charge in [0.2, 0.25) is 10.1 Å². The minimum atomic E-state index is -0.145. The summed E-state index contributed by atoms with van der Waals surface area (Å²) in [6.45, 7) is 5.86. The van der Waals surface area contributed by atoms with Gasteiger partial charge in [0.15, 0.2) is 0 Å². The Kier molecular flexibility index (Phi) is 6.72. The van der Waals surface area contributed by atoms with Crippen LogP contribution in [0.4, 0.5) is 5.13 Å². The van der Waals surface area contributed by atoms with Crippen molar-refractivity contribution in [2.24, 2.45) is 0 Å². The molecule has 0 aliphatic carbocycles. The number of aromatic nitrogens is 2. The first-order valence-electron chi connectivity index (χ1n) is 6.56. The molecule has 6 nitrogen and oxygen atoms in total. The maximum atomic E-state index is 11.9. The lowest BCUT2D eigenvalue weighted by atomic mass is 10.2. The first-order valence-corrected chi connectivity index (χ1v) is 7.37. The Bertz CT molecular complexity index is 393. The number of rotatable bonds is 8. The number of hydrogen-bond donors (Lipinski definition) is 2. The van der Waals surface area contributed by atoms with E-state index in [2.05, 4.69) is 32.7 Å². The van der Waals surface area contributed by atoms with E-state index >= 15 is 0 Å². The van der Waals surface area contributed by atoms with Gasteiger partial charge in [-0.15, -0.1) is 10.2 Å². The van der Waals surface area contributed by atoms with Crippen molar-refractivity contribution in [1.29, 1.82) is 0 Å². The van der Waals surface area contributed by atoms with Gasteiger partial charge in [0.1, 0.15) is 0 Å². The molecule has 19 heavy (non-hydrogen) atoms. The second-order valence-electron chi connectivity index (χ2n) is 4.81. The third-order valence-corrected chi connectivity index (χ3v) is 3.41. The van der Waals surface area contributed by atoms with Crippen molar-refractivity contribution in [3.05, 3.63) is 5.01 Å². The molecule has 1 aromatic rings. The van der Waals surface area contributed by atoms with E-state index < -0.39 is 0 Å². The molecule has 7 heteroatoms. The van der Waals surface area contributed by atoms with Gasteiger partial charge >= 0.3 is 0 Å². The molecule has 1 amide bonds. The van der Waals surface area contributed by atoms with Gasteiger partial charge < -0.3 is 15.5 Å². The molecule has 1 aromatic heterocycles. The number of nitrogens with zero attached hydrogens (tertiary/aromatic N) is 3. The summed E-state index contributed by atoms with van der Waals surface area (Å²) in [6, 6.07) is 0.130. The zero-order chi connectivity index (χ0) is 14.3. The molecule has 1 atom stereocenters. The average Bonchev–Trinajstić information content (AvgIpc) is 2.82. The molecule has 1 heterocycles. The Hall–Kier alpha value is -1.21. The highest BCUT2D eigenvalue weighted by atomic mass is 32.1. The van der Waals surface area contributed by atoms with Crippen LogP contribution in [0.1, 0.15) is 36.5 Å². The molecule has 1 unspecified atom stereocenters. The van der Waals surface area contributed by atoms with Crippen LogP contribution in [-0.2, 0) is 0 Å². The van der Waals surface area contributed by atoms with Gasteiger partial charge in [-0.1, -0.05) is 18.3 Å². The molecular formula is C12H23N5OS. The van der Waals surface area contributed by atoms with E-state index in [4.69, 9.17) is 0 Å². The van der Waals surface area contributed by atoms with E-state index in [1.807, 2.05) is 21.0 Å². The maximum absolute atomic E-state index is 11.9. The molecule has 0 aliphatic heterocycles. The number of anilines is 1. The van der Waals surface area contributed by atoms with Gasteiger partial charge in [0, 0.05) is 12.6 Å². The Labute approximate surface area is 118 Å². The highest BCUT2D eigenvalue weighted by Gasteiger charge is 2.15. The van der Waals surface area contributed by atoms with Crippen molar-refractivity contribution < 1.29 is 4.79 Å². The molecule has 0 aliphatic rings. The summed E-state index contributed by atoms with van der Waals surface area (Å²) in [5, 5.41) is 15.0. The monoisotopic (exact) mass is 285 g/mol. The van der Waals surface area contributed by atoms with Crippen molar-refractivity contribution in [2.45, 2.75) is 32.7 Å². The molecule has 0 spiro atoms. The van der Waals surface area contributed by atoms with Crippen molar-refractivity contribution in [3.63, 3.8) is 0 Å². The van der Waals surface area contributed by atoms with Crippen LogP contribution in [-0.4, -0.2) is 54.2 Å². The predicted molar refractivity (Wildman–Crippen MR) is 78.8 cm³/mol. The van der Waals surface area contributed by atoms with Crippen LogP contribution < -0.4 is 10.6 Å². The summed E-state index contributed by atoms with van der Waals surface area (Å²) in [7, 11) is 4.04. The van der Waals surface area contributed by atoms with Crippen LogP contribution in [0.2, 0.25) is 0 Å². The molecule has 0 fully saturated rings. The summed E-state index contributed by atoms with van der Waals surface area (Å²) in [4.78, 5) is 14.0.